The van der Waals surface area contributed by atoms with E-state index in [1.807, 2.05) is 11.8 Å². The van der Waals surface area contributed by atoms with Gasteiger partial charge in [-0.25, -0.2) is 0 Å². The van der Waals surface area contributed by atoms with Gasteiger partial charge in [-0.3, -0.25) is 0 Å². The number of nitrogens with one attached hydrogen (secondary N) is 1. The van der Waals surface area contributed by atoms with Gasteiger partial charge in [-0.1, -0.05) is 13.8 Å². The van der Waals surface area contributed by atoms with Crippen molar-refractivity contribution in [2.45, 2.75) is 20.0 Å². The van der Waals surface area contributed by atoms with Crippen molar-refractivity contribution in [3.63, 3.8) is 0 Å². The van der Waals surface area contributed by atoms with Crippen LogP contribution in [0.1, 0.15) is 13.8 Å². The van der Waals surface area contributed by atoms with Gasteiger partial charge in [-0.05, 0) is 26.6 Å². The van der Waals surface area contributed by atoms with Crippen LogP contribution in [0.2, 0.25) is 0 Å². The van der Waals surface area contributed by atoms with Crippen molar-refractivity contribution in [1.82, 2.24) is 10.2 Å². The van der Waals surface area contributed by atoms with Crippen molar-refractivity contribution in [3.05, 3.63) is 0 Å². The molecule has 0 amide bonds. The molecule has 0 saturated heterocycles. The van der Waals surface area contributed by atoms with E-state index in [0.29, 0.717) is 12.5 Å². The average molecular weight is 234 g/mol. The van der Waals surface area contributed by atoms with Gasteiger partial charge >= 0.3 is 0 Å². The lowest BCUT2D eigenvalue weighted by atomic mass is 10.2. The molecule has 1 unspecified atom stereocenters. The second-order valence-electron chi connectivity index (χ2n) is 4.58. The van der Waals surface area contributed by atoms with Gasteiger partial charge in [0.25, 0.3) is 0 Å². The first kappa shape index (κ1) is 15.2. The third-order valence-electron chi connectivity index (χ3n) is 1.93. The summed E-state index contributed by atoms with van der Waals surface area (Å²) in [4.78, 5) is 2.16. The molecule has 0 aromatic carbocycles. The van der Waals surface area contributed by atoms with E-state index in [1.165, 1.54) is 0 Å². The second-order valence-corrected chi connectivity index (χ2v) is 5.73. The molecule has 0 aromatic heterocycles. The highest BCUT2D eigenvalue weighted by atomic mass is 32.2. The fourth-order valence-corrected chi connectivity index (χ4v) is 2.11. The number of thioether (sulfide) groups is 1. The Morgan fingerprint density at radius 1 is 1.27 bits per heavy atom. The van der Waals surface area contributed by atoms with Crippen molar-refractivity contribution >= 4 is 11.8 Å². The third-order valence-corrected chi connectivity index (χ3v) is 3.02. The van der Waals surface area contributed by atoms with Crippen LogP contribution in [0.3, 0.4) is 0 Å². The summed E-state index contributed by atoms with van der Waals surface area (Å²) in [7, 11) is 4.14. The van der Waals surface area contributed by atoms with Crippen molar-refractivity contribution in [2.75, 3.05) is 45.2 Å². The SMILES string of the molecule is CC(C)CNCC(O)CSCCN(C)C. The molecule has 0 heterocycles. The largest absolute Gasteiger partial charge is 0.391 e. The number of hydrogen-bond donors (Lipinski definition) is 2. The van der Waals surface area contributed by atoms with Crippen molar-refractivity contribution < 1.29 is 5.11 Å². The van der Waals surface area contributed by atoms with Gasteiger partial charge in [0, 0.05) is 24.6 Å². The second kappa shape index (κ2) is 9.46. The summed E-state index contributed by atoms with van der Waals surface area (Å²) in [5, 5.41) is 12.9. The van der Waals surface area contributed by atoms with Gasteiger partial charge in [-0.15, -0.1) is 0 Å². The normalized spacial score (nSPS) is 13.8. The lowest BCUT2D eigenvalue weighted by Gasteiger charge is -2.14. The van der Waals surface area contributed by atoms with E-state index < -0.39 is 0 Å². The van der Waals surface area contributed by atoms with Crippen LogP contribution in [-0.2, 0) is 0 Å². The molecule has 92 valence electrons. The topological polar surface area (TPSA) is 35.5 Å². The average Bonchev–Trinajstić information content (AvgIpc) is 2.11. The molecule has 0 aliphatic rings. The monoisotopic (exact) mass is 234 g/mol. The van der Waals surface area contributed by atoms with E-state index in [1.54, 1.807) is 0 Å². The highest BCUT2D eigenvalue weighted by molar-refractivity contribution is 7.99. The van der Waals surface area contributed by atoms with Crippen LogP contribution < -0.4 is 5.32 Å². The Hall–Kier alpha value is 0.230. The lowest BCUT2D eigenvalue weighted by Crippen LogP contribution is -2.31. The molecule has 0 spiro atoms. The van der Waals surface area contributed by atoms with E-state index >= 15 is 0 Å². The van der Waals surface area contributed by atoms with Crippen molar-refractivity contribution in [3.8, 4) is 0 Å². The minimum atomic E-state index is -0.212. The predicted octanol–water partition coefficient (Wildman–Crippen LogP) is 0.888. The molecule has 0 bridgehead atoms. The van der Waals surface area contributed by atoms with Crippen LogP contribution in [-0.4, -0.2) is 61.3 Å². The summed E-state index contributed by atoms with van der Waals surface area (Å²) in [5.74, 6) is 2.58. The van der Waals surface area contributed by atoms with Crippen molar-refractivity contribution in [1.29, 1.82) is 0 Å². The van der Waals surface area contributed by atoms with E-state index in [2.05, 4.69) is 38.2 Å². The molecule has 3 nitrogen and oxygen atoms in total. The van der Waals surface area contributed by atoms with E-state index in [4.69, 9.17) is 0 Å². The summed E-state index contributed by atoms with van der Waals surface area (Å²) in [5.41, 5.74) is 0. The molecule has 0 aromatic rings. The van der Waals surface area contributed by atoms with Crippen LogP contribution in [0.15, 0.2) is 0 Å². The van der Waals surface area contributed by atoms with Gasteiger partial charge in [0.1, 0.15) is 0 Å². The fourth-order valence-electron chi connectivity index (χ4n) is 1.06. The first-order chi connectivity index (χ1) is 7.02. The standard InChI is InChI=1S/C11H26N2OS/c1-10(2)7-12-8-11(14)9-15-6-5-13(3)4/h10-12,14H,5-9H2,1-4H3. The van der Waals surface area contributed by atoms with Gasteiger partial charge in [0.15, 0.2) is 0 Å². The first-order valence-corrected chi connectivity index (χ1v) is 6.79. The maximum absolute atomic E-state index is 9.63. The molecule has 15 heavy (non-hydrogen) atoms. The molecular formula is C11H26N2OS. The van der Waals surface area contributed by atoms with E-state index in [-0.39, 0.29) is 6.10 Å². The zero-order chi connectivity index (χ0) is 11.7. The predicted molar refractivity (Wildman–Crippen MR) is 69.6 cm³/mol. The lowest BCUT2D eigenvalue weighted by molar-refractivity contribution is 0.194. The number of aliphatic hydroxyl groups excluding tert-OH is 1. The molecule has 2 N–H and O–H groups in total. The Kier molecular flexibility index (Phi) is 9.60. The number of nitrogens with zero attached hydrogens (tertiary/aromatic N) is 1. The Morgan fingerprint density at radius 3 is 2.47 bits per heavy atom. The summed E-state index contributed by atoms with van der Waals surface area (Å²) in [6.07, 6.45) is -0.212. The van der Waals surface area contributed by atoms with Gasteiger partial charge in [-0.2, -0.15) is 11.8 Å². The molecule has 1 atom stereocenters. The van der Waals surface area contributed by atoms with Crippen LogP contribution in [0, 0.1) is 5.92 Å². The van der Waals surface area contributed by atoms with Crippen LogP contribution in [0.4, 0.5) is 0 Å². The zero-order valence-electron chi connectivity index (χ0n) is 10.5. The van der Waals surface area contributed by atoms with E-state index in [0.717, 1.165) is 24.6 Å². The summed E-state index contributed by atoms with van der Waals surface area (Å²) in [6, 6.07) is 0. The minimum Gasteiger partial charge on any atom is -0.391 e. The Balaban J connectivity index is 3.22. The Labute approximate surface area is 98.6 Å². The molecular weight excluding hydrogens is 208 g/mol. The Morgan fingerprint density at radius 2 is 1.93 bits per heavy atom. The van der Waals surface area contributed by atoms with Gasteiger partial charge < -0.3 is 15.3 Å². The van der Waals surface area contributed by atoms with Gasteiger partial charge in [0.2, 0.25) is 0 Å². The van der Waals surface area contributed by atoms with Gasteiger partial charge in [0.05, 0.1) is 6.10 Å². The van der Waals surface area contributed by atoms with E-state index in [9.17, 15) is 5.11 Å². The van der Waals surface area contributed by atoms with Crippen molar-refractivity contribution in [2.24, 2.45) is 5.92 Å². The summed E-state index contributed by atoms with van der Waals surface area (Å²) >= 11 is 1.82. The minimum absolute atomic E-state index is 0.212. The maximum atomic E-state index is 9.63. The zero-order valence-corrected chi connectivity index (χ0v) is 11.3. The van der Waals surface area contributed by atoms with Crippen LogP contribution in [0.25, 0.3) is 0 Å². The molecule has 0 aliphatic heterocycles. The highest BCUT2D eigenvalue weighted by Crippen LogP contribution is 2.02. The number of rotatable bonds is 9. The quantitative estimate of drug-likeness (QED) is 0.581. The molecule has 0 saturated carbocycles. The first-order valence-electron chi connectivity index (χ1n) is 5.63. The molecule has 0 rings (SSSR count). The maximum Gasteiger partial charge on any atom is 0.0754 e. The number of hydrogen-bond acceptors (Lipinski definition) is 4. The third kappa shape index (κ3) is 12.2. The molecule has 0 aliphatic carbocycles. The molecule has 4 heteroatoms. The molecule has 0 radical (unpaired) electrons. The fraction of sp³-hybridized carbons (Fsp3) is 1.00. The Bertz CT molecular complexity index is 143. The van der Waals surface area contributed by atoms with Crippen LogP contribution in [0.5, 0.6) is 0 Å². The van der Waals surface area contributed by atoms with Crippen LogP contribution >= 0.6 is 11.8 Å². The smallest absolute Gasteiger partial charge is 0.0754 e. The molecule has 0 fully saturated rings. The highest BCUT2D eigenvalue weighted by Gasteiger charge is 2.04. The summed E-state index contributed by atoms with van der Waals surface area (Å²) < 4.78 is 0. The summed E-state index contributed by atoms with van der Waals surface area (Å²) in [6.45, 7) is 7.12. The number of aliphatic hydroxyl groups is 1.